The Balaban J connectivity index is 1.62. The molecule has 4 heteroatoms. The van der Waals surface area contributed by atoms with Crippen molar-refractivity contribution in [3.63, 3.8) is 0 Å². The molecule has 140 valence electrons. The molecule has 0 saturated heterocycles. The van der Waals surface area contributed by atoms with E-state index in [9.17, 15) is 0 Å². The van der Waals surface area contributed by atoms with Gasteiger partial charge in [-0.25, -0.2) is 5.01 Å². The normalized spacial score (nSPS) is 20.1. The van der Waals surface area contributed by atoms with E-state index in [-0.39, 0.29) is 12.3 Å². The van der Waals surface area contributed by atoms with Crippen LogP contribution in [0.1, 0.15) is 40.9 Å². The molecule has 0 spiro atoms. The molecule has 0 fully saturated rings. The second kappa shape index (κ2) is 6.71. The van der Waals surface area contributed by atoms with Crippen LogP contribution >= 0.6 is 0 Å². The number of fused-ring (bicyclic) bond motifs is 3. The van der Waals surface area contributed by atoms with Crippen molar-refractivity contribution >= 4 is 5.71 Å². The fraction of sp³-hybridized carbons (Fsp3) is 0.208. The van der Waals surface area contributed by atoms with Gasteiger partial charge in [0.1, 0.15) is 0 Å². The summed E-state index contributed by atoms with van der Waals surface area (Å²) < 4.78 is 12.1. The summed E-state index contributed by atoms with van der Waals surface area (Å²) in [5, 5.41) is 7.11. The average Bonchev–Trinajstić information content (AvgIpc) is 3.20. The van der Waals surface area contributed by atoms with Gasteiger partial charge in [-0.15, -0.1) is 0 Å². The van der Waals surface area contributed by atoms with E-state index in [2.05, 4.69) is 66.5 Å². The van der Waals surface area contributed by atoms with Crippen molar-refractivity contribution in [1.82, 2.24) is 5.01 Å². The predicted octanol–water partition coefficient (Wildman–Crippen LogP) is 5.25. The number of benzene rings is 3. The van der Waals surface area contributed by atoms with Gasteiger partial charge >= 0.3 is 0 Å². The highest BCUT2D eigenvalue weighted by Crippen LogP contribution is 2.50. The lowest BCUT2D eigenvalue weighted by molar-refractivity contribution is -0.0209. The zero-order valence-corrected chi connectivity index (χ0v) is 16.0. The standard InChI is InChI=1S/C24H22N2O2/c1-16-11-13-18(14-12-16)24-26-21(15-20(25-26)17-7-4-3-5-8-17)19-9-6-10-22(27-2)23(19)28-24/h3-14,21,24H,15H2,1-2H3. The average molecular weight is 370 g/mol. The van der Waals surface area contributed by atoms with Crippen LogP contribution in [-0.4, -0.2) is 17.8 Å². The molecule has 3 aromatic carbocycles. The maximum Gasteiger partial charge on any atom is 0.214 e. The zero-order valence-electron chi connectivity index (χ0n) is 16.0. The van der Waals surface area contributed by atoms with Gasteiger partial charge in [0.15, 0.2) is 11.5 Å². The Morgan fingerprint density at radius 1 is 0.964 bits per heavy atom. The van der Waals surface area contributed by atoms with Crippen LogP contribution in [0.3, 0.4) is 0 Å². The van der Waals surface area contributed by atoms with Gasteiger partial charge < -0.3 is 9.47 Å². The van der Waals surface area contributed by atoms with Crippen LogP contribution in [0.5, 0.6) is 11.5 Å². The Hall–Kier alpha value is -3.27. The van der Waals surface area contributed by atoms with Gasteiger partial charge in [0.05, 0.1) is 18.9 Å². The highest BCUT2D eigenvalue weighted by atomic mass is 16.5. The van der Waals surface area contributed by atoms with Gasteiger partial charge in [-0.05, 0) is 18.6 Å². The van der Waals surface area contributed by atoms with Crippen LogP contribution in [0.4, 0.5) is 0 Å². The molecule has 0 radical (unpaired) electrons. The number of ether oxygens (including phenoxy) is 2. The van der Waals surface area contributed by atoms with E-state index in [0.29, 0.717) is 0 Å². The first-order chi connectivity index (χ1) is 13.7. The van der Waals surface area contributed by atoms with Crippen LogP contribution in [0.25, 0.3) is 0 Å². The molecule has 3 aromatic rings. The van der Waals surface area contributed by atoms with Crippen LogP contribution in [-0.2, 0) is 0 Å². The lowest BCUT2D eigenvalue weighted by atomic mass is 9.95. The minimum Gasteiger partial charge on any atom is -0.493 e. The molecule has 2 heterocycles. The maximum absolute atomic E-state index is 6.47. The fourth-order valence-corrected chi connectivity index (χ4v) is 4.00. The molecule has 0 bridgehead atoms. The van der Waals surface area contributed by atoms with Gasteiger partial charge in [0.2, 0.25) is 6.23 Å². The third kappa shape index (κ3) is 2.73. The number of para-hydroxylation sites is 1. The molecule has 4 nitrogen and oxygen atoms in total. The summed E-state index contributed by atoms with van der Waals surface area (Å²) in [5.74, 6) is 1.59. The number of hydrogen-bond acceptors (Lipinski definition) is 4. The van der Waals surface area contributed by atoms with Gasteiger partial charge in [-0.2, -0.15) is 5.10 Å². The second-order valence-electron chi connectivity index (χ2n) is 7.27. The van der Waals surface area contributed by atoms with Crippen molar-refractivity contribution in [1.29, 1.82) is 0 Å². The van der Waals surface area contributed by atoms with E-state index in [1.165, 1.54) is 5.56 Å². The molecular weight excluding hydrogens is 348 g/mol. The summed E-state index contributed by atoms with van der Waals surface area (Å²) in [4.78, 5) is 0. The van der Waals surface area contributed by atoms with E-state index in [1.54, 1.807) is 7.11 Å². The SMILES string of the molecule is COc1cccc2c1OC(c1ccc(C)cc1)N1N=C(c3ccccc3)CC21. The third-order valence-electron chi connectivity index (χ3n) is 5.47. The first kappa shape index (κ1) is 16.9. The minimum atomic E-state index is -0.282. The monoisotopic (exact) mass is 370 g/mol. The molecule has 5 rings (SSSR count). The molecular formula is C24H22N2O2. The molecule has 0 N–H and O–H groups in total. The van der Waals surface area contributed by atoms with Crippen LogP contribution < -0.4 is 9.47 Å². The number of methoxy groups -OCH3 is 1. The molecule has 2 aliphatic rings. The Morgan fingerprint density at radius 3 is 2.50 bits per heavy atom. The van der Waals surface area contributed by atoms with Crippen molar-refractivity contribution in [2.45, 2.75) is 25.6 Å². The zero-order chi connectivity index (χ0) is 19.1. The molecule has 0 aromatic heterocycles. The van der Waals surface area contributed by atoms with Crippen LogP contribution in [0.15, 0.2) is 77.9 Å². The Morgan fingerprint density at radius 2 is 1.75 bits per heavy atom. The first-order valence-electron chi connectivity index (χ1n) is 9.56. The molecule has 2 aliphatic heterocycles. The van der Waals surface area contributed by atoms with Crippen molar-refractivity contribution in [3.05, 3.63) is 95.1 Å². The van der Waals surface area contributed by atoms with Crippen molar-refractivity contribution in [2.75, 3.05) is 7.11 Å². The Labute approximate surface area is 165 Å². The van der Waals surface area contributed by atoms with Crippen LogP contribution in [0.2, 0.25) is 0 Å². The smallest absolute Gasteiger partial charge is 0.214 e. The van der Waals surface area contributed by atoms with E-state index < -0.39 is 0 Å². The fourth-order valence-electron chi connectivity index (χ4n) is 4.00. The summed E-state index contributed by atoms with van der Waals surface area (Å²) in [6.45, 7) is 2.09. The molecule has 2 unspecified atom stereocenters. The molecule has 2 atom stereocenters. The summed E-state index contributed by atoms with van der Waals surface area (Å²) in [6.07, 6.45) is 0.561. The van der Waals surface area contributed by atoms with Crippen molar-refractivity contribution in [3.8, 4) is 11.5 Å². The van der Waals surface area contributed by atoms with Gasteiger partial charge in [-0.1, -0.05) is 72.3 Å². The summed E-state index contributed by atoms with van der Waals surface area (Å²) >= 11 is 0. The van der Waals surface area contributed by atoms with E-state index in [4.69, 9.17) is 14.6 Å². The number of hydrogen-bond donors (Lipinski definition) is 0. The molecule has 0 saturated carbocycles. The number of hydrazone groups is 1. The lowest BCUT2D eigenvalue weighted by Gasteiger charge is -2.38. The maximum atomic E-state index is 6.47. The second-order valence-corrected chi connectivity index (χ2v) is 7.27. The van der Waals surface area contributed by atoms with Crippen molar-refractivity contribution in [2.24, 2.45) is 5.10 Å². The van der Waals surface area contributed by atoms with E-state index >= 15 is 0 Å². The lowest BCUT2D eigenvalue weighted by Crippen LogP contribution is -2.33. The quantitative estimate of drug-likeness (QED) is 0.632. The van der Waals surface area contributed by atoms with Crippen LogP contribution in [0, 0.1) is 6.92 Å². The number of rotatable bonds is 3. The molecule has 28 heavy (non-hydrogen) atoms. The van der Waals surface area contributed by atoms with E-state index in [1.807, 2.05) is 18.2 Å². The predicted molar refractivity (Wildman–Crippen MR) is 110 cm³/mol. The van der Waals surface area contributed by atoms with E-state index in [0.717, 1.165) is 40.3 Å². The summed E-state index contributed by atoms with van der Waals surface area (Å²) in [7, 11) is 1.69. The number of nitrogens with zero attached hydrogens (tertiary/aromatic N) is 2. The Bertz CT molecular complexity index is 1030. The summed E-state index contributed by atoms with van der Waals surface area (Å²) in [5.41, 5.74) is 5.68. The molecule has 0 amide bonds. The Kier molecular flexibility index (Phi) is 4.05. The minimum absolute atomic E-state index is 0.125. The molecule has 0 aliphatic carbocycles. The number of aryl methyl sites for hydroxylation is 1. The summed E-state index contributed by atoms with van der Waals surface area (Å²) in [6, 6.07) is 25.1. The third-order valence-corrected chi connectivity index (χ3v) is 5.47. The van der Waals surface area contributed by atoms with Crippen molar-refractivity contribution < 1.29 is 9.47 Å². The highest BCUT2D eigenvalue weighted by Gasteiger charge is 2.42. The topological polar surface area (TPSA) is 34.1 Å². The first-order valence-corrected chi connectivity index (χ1v) is 9.56. The van der Waals surface area contributed by atoms with Gasteiger partial charge in [0, 0.05) is 17.5 Å². The van der Waals surface area contributed by atoms with Gasteiger partial charge in [0.25, 0.3) is 0 Å². The highest BCUT2D eigenvalue weighted by molar-refractivity contribution is 6.01. The van der Waals surface area contributed by atoms with Gasteiger partial charge in [-0.3, -0.25) is 0 Å². The largest absolute Gasteiger partial charge is 0.493 e.